The molecule has 0 aromatic rings. The van der Waals surface area contributed by atoms with Crippen LogP contribution in [0.3, 0.4) is 0 Å². The molecule has 3 unspecified atom stereocenters. The Labute approximate surface area is 100 Å². The van der Waals surface area contributed by atoms with Crippen LogP contribution in [0.25, 0.3) is 0 Å². The second-order valence-electron chi connectivity index (χ2n) is 5.71. The average molecular weight is 225 g/mol. The number of nitrogens with one attached hydrogen (secondary N) is 1. The van der Waals surface area contributed by atoms with Gasteiger partial charge in [0.05, 0.1) is 0 Å². The molecule has 3 atom stereocenters. The van der Waals surface area contributed by atoms with Crippen LogP contribution in [0.15, 0.2) is 0 Å². The lowest BCUT2D eigenvalue weighted by atomic mass is 10.0. The SMILES string of the molecule is CNC1CCC(N2CCCC(N(C)C)C2)C1. The molecular formula is C13H27N3. The lowest BCUT2D eigenvalue weighted by Gasteiger charge is -2.39. The first-order valence-electron chi connectivity index (χ1n) is 6.78. The van der Waals surface area contributed by atoms with Gasteiger partial charge in [0.1, 0.15) is 0 Å². The molecule has 2 rings (SSSR count). The summed E-state index contributed by atoms with van der Waals surface area (Å²) >= 11 is 0. The van der Waals surface area contributed by atoms with E-state index in [9.17, 15) is 0 Å². The van der Waals surface area contributed by atoms with Crippen molar-refractivity contribution >= 4 is 0 Å². The minimum Gasteiger partial charge on any atom is -0.317 e. The minimum atomic E-state index is 0.768. The molecule has 0 spiro atoms. The molecule has 1 saturated carbocycles. The van der Waals surface area contributed by atoms with Gasteiger partial charge in [0.25, 0.3) is 0 Å². The van der Waals surface area contributed by atoms with Gasteiger partial charge in [0.2, 0.25) is 0 Å². The van der Waals surface area contributed by atoms with Gasteiger partial charge in [-0.3, -0.25) is 4.90 Å². The smallest absolute Gasteiger partial charge is 0.0217 e. The highest BCUT2D eigenvalue weighted by molar-refractivity contribution is 4.89. The fraction of sp³-hybridized carbons (Fsp3) is 1.00. The van der Waals surface area contributed by atoms with Crippen molar-refractivity contribution in [1.29, 1.82) is 0 Å². The Balaban J connectivity index is 1.85. The molecular weight excluding hydrogens is 198 g/mol. The topological polar surface area (TPSA) is 18.5 Å². The highest BCUT2D eigenvalue weighted by Gasteiger charge is 2.31. The maximum atomic E-state index is 3.43. The second-order valence-corrected chi connectivity index (χ2v) is 5.71. The van der Waals surface area contributed by atoms with E-state index in [1.165, 1.54) is 45.2 Å². The standard InChI is InChI=1S/C13H27N3/c1-14-11-6-7-12(9-11)16-8-4-5-13(10-16)15(2)3/h11-14H,4-10H2,1-3H3. The number of likely N-dealkylation sites (tertiary alicyclic amines) is 1. The van der Waals surface area contributed by atoms with E-state index in [-0.39, 0.29) is 0 Å². The van der Waals surface area contributed by atoms with E-state index < -0.39 is 0 Å². The third-order valence-electron chi connectivity index (χ3n) is 4.49. The molecule has 3 nitrogen and oxygen atoms in total. The molecule has 0 radical (unpaired) electrons. The first kappa shape index (κ1) is 12.3. The Kier molecular flexibility index (Phi) is 4.22. The number of piperidine rings is 1. The largest absolute Gasteiger partial charge is 0.317 e. The Bertz CT molecular complexity index is 217. The zero-order valence-electron chi connectivity index (χ0n) is 11.1. The van der Waals surface area contributed by atoms with Crippen molar-refractivity contribution in [3.63, 3.8) is 0 Å². The molecule has 94 valence electrons. The summed E-state index contributed by atoms with van der Waals surface area (Å²) in [5, 5.41) is 3.43. The summed E-state index contributed by atoms with van der Waals surface area (Å²) in [4.78, 5) is 5.14. The summed E-state index contributed by atoms with van der Waals surface area (Å²) in [5.41, 5.74) is 0. The lowest BCUT2D eigenvalue weighted by Crippen LogP contribution is -2.48. The highest BCUT2D eigenvalue weighted by Crippen LogP contribution is 2.27. The number of hydrogen-bond donors (Lipinski definition) is 1. The monoisotopic (exact) mass is 225 g/mol. The van der Waals surface area contributed by atoms with E-state index in [2.05, 4.69) is 36.3 Å². The lowest BCUT2D eigenvalue weighted by molar-refractivity contribution is 0.0970. The molecule has 2 fully saturated rings. The van der Waals surface area contributed by atoms with Crippen LogP contribution in [0.2, 0.25) is 0 Å². The van der Waals surface area contributed by atoms with E-state index in [1.54, 1.807) is 0 Å². The average Bonchev–Trinajstić information content (AvgIpc) is 2.77. The maximum absolute atomic E-state index is 3.43. The van der Waals surface area contributed by atoms with Crippen molar-refractivity contribution in [2.45, 2.75) is 50.2 Å². The van der Waals surface area contributed by atoms with E-state index in [0.717, 1.165) is 18.1 Å². The van der Waals surface area contributed by atoms with Crippen molar-refractivity contribution in [3.8, 4) is 0 Å². The predicted octanol–water partition coefficient (Wildman–Crippen LogP) is 1.15. The van der Waals surface area contributed by atoms with Crippen LogP contribution in [0.4, 0.5) is 0 Å². The maximum Gasteiger partial charge on any atom is 0.0217 e. The van der Waals surface area contributed by atoms with E-state index in [4.69, 9.17) is 0 Å². The highest BCUT2D eigenvalue weighted by atomic mass is 15.2. The van der Waals surface area contributed by atoms with E-state index in [1.807, 2.05) is 0 Å². The van der Waals surface area contributed by atoms with Crippen LogP contribution in [-0.4, -0.2) is 62.2 Å². The van der Waals surface area contributed by atoms with Crippen LogP contribution < -0.4 is 5.32 Å². The fourth-order valence-electron chi connectivity index (χ4n) is 3.29. The van der Waals surface area contributed by atoms with E-state index in [0.29, 0.717) is 0 Å². The number of rotatable bonds is 3. The van der Waals surface area contributed by atoms with Gasteiger partial charge in [-0.1, -0.05) is 0 Å². The fourth-order valence-corrected chi connectivity index (χ4v) is 3.29. The third kappa shape index (κ3) is 2.76. The summed E-state index contributed by atoms with van der Waals surface area (Å²) in [6.07, 6.45) is 6.88. The van der Waals surface area contributed by atoms with Crippen LogP contribution in [0.5, 0.6) is 0 Å². The van der Waals surface area contributed by atoms with Gasteiger partial charge in [-0.05, 0) is 59.8 Å². The van der Waals surface area contributed by atoms with Crippen molar-refractivity contribution in [3.05, 3.63) is 0 Å². The molecule has 1 aliphatic carbocycles. The second kappa shape index (κ2) is 5.48. The zero-order chi connectivity index (χ0) is 11.5. The van der Waals surface area contributed by atoms with E-state index >= 15 is 0 Å². The van der Waals surface area contributed by atoms with Crippen molar-refractivity contribution < 1.29 is 0 Å². The minimum absolute atomic E-state index is 0.768. The Morgan fingerprint density at radius 3 is 2.62 bits per heavy atom. The summed E-state index contributed by atoms with van der Waals surface area (Å²) in [6.45, 7) is 2.61. The summed E-state index contributed by atoms with van der Waals surface area (Å²) < 4.78 is 0. The summed E-state index contributed by atoms with van der Waals surface area (Å²) in [6, 6.07) is 2.40. The quantitative estimate of drug-likeness (QED) is 0.777. The van der Waals surface area contributed by atoms with Gasteiger partial charge in [0, 0.05) is 24.7 Å². The van der Waals surface area contributed by atoms with Crippen molar-refractivity contribution in [1.82, 2.24) is 15.1 Å². The van der Waals surface area contributed by atoms with Crippen LogP contribution >= 0.6 is 0 Å². The van der Waals surface area contributed by atoms with Gasteiger partial charge in [-0.2, -0.15) is 0 Å². The molecule has 0 bridgehead atoms. The molecule has 0 aromatic carbocycles. The Hall–Kier alpha value is -0.120. The van der Waals surface area contributed by atoms with Crippen molar-refractivity contribution in [2.75, 3.05) is 34.2 Å². The summed E-state index contributed by atoms with van der Waals surface area (Å²) in [7, 11) is 6.55. The van der Waals surface area contributed by atoms with Gasteiger partial charge >= 0.3 is 0 Å². The Morgan fingerprint density at radius 2 is 2.00 bits per heavy atom. The Morgan fingerprint density at radius 1 is 1.19 bits per heavy atom. The molecule has 0 amide bonds. The number of nitrogens with zero attached hydrogens (tertiary/aromatic N) is 2. The first-order valence-corrected chi connectivity index (χ1v) is 6.78. The number of likely N-dealkylation sites (N-methyl/N-ethyl adjacent to an activating group) is 1. The molecule has 1 aliphatic heterocycles. The van der Waals surface area contributed by atoms with Crippen LogP contribution in [-0.2, 0) is 0 Å². The normalized spacial score (nSPS) is 37.1. The van der Waals surface area contributed by atoms with Crippen LogP contribution in [0, 0.1) is 0 Å². The van der Waals surface area contributed by atoms with Gasteiger partial charge in [-0.25, -0.2) is 0 Å². The first-order chi connectivity index (χ1) is 7.70. The molecule has 0 aromatic heterocycles. The summed E-state index contributed by atoms with van der Waals surface area (Å²) in [5.74, 6) is 0. The molecule has 2 aliphatic rings. The zero-order valence-corrected chi connectivity index (χ0v) is 11.1. The van der Waals surface area contributed by atoms with Crippen LogP contribution in [0.1, 0.15) is 32.1 Å². The predicted molar refractivity (Wildman–Crippen MR) is 68.8 cm³/mol. The van der Waals surface area contributed by atoms with Gasteiger partial charge in [0.15, 0.2) is 0 Å². The third-order valence-corrected chi connectivity index (χ3v) is 4.49. The molecule has 1 heterocycles. The van der Waals surface area contributed by atoms with Gasteiger partial charge in [-0.15, -0.1) is 0 Å². The number of hydrogen-bond acceptors (Lipinski definition) is 3. The van der Waals surface area contributed by atoms with Crippen molar-refractivity contribution in [2.24, 2.45) is 0 Å². The molecule has 1 saturated heterocycles. The van der Waals surface area contributed by atoms with Gasteiger partial charge < -0.3 is 10.2 Å². The molecule has 16 heavy (non-hydrogen) atoms. The molecule has 1 N–H and O–H groups in total. The molecule has 3 heteroatoms.